The summed E-state index contributed by atoms with van der Waals surface area (Å²) < 4.78 is 0.179. The van der Waals surface area contributed by atoms with Crippen molar-refractivity contribution >= 4 is 45.1 Å². The molecule has 0 fully saturated rings. The summed E-state index contributed by atoms with van der Waals surface area (Å²) >= 11 is 8.74. The van der Waals surface area contributed by atoms with Crippen LogP contribution in [-0.2, 0) is 0 Å². The maximum Gasteiger partial charge on any atom is 0.271 e. The van der Waals surface area contributed by atoms with Gasteiger partial charge in [-0.25, -0.2) is 0 Å². The minimum Gasteiger partial charge on any atom is -0.506 e. The van der Waals surface area contributed by atoms with Crippen molar-refractivity contribution in [1.82, 2.24) is 0 Å². The highest BCUT2D eigenvalue weighted by Crippen LogP contribution is 2.33. The van der Waals surface area contributed by atoms with Crippen LogP contribution in [0.1, 0.15) is 5.56 Å². The van der Waals surface area contributed by atoms with Gasteiger partial charge in [0.25, 0.3) is 5.69 Å². The zero-order valence-electron chi connectivity index (χ0n) is 10.3. The molecule has 2 rings (SSSR count). The highest BCUT2D eigenvalue weighted by atomic mass is 79.9. The van der Waals surface area contributed by atoms with Gasteiger partial charge in [-0.2, -0.15) is 0 Å². The molecule has 21 heavy (non-hydrogen) atoms. The van der Waals surface area contributed by atoms with E-state index >= 15 is 0 Å². The van der Waals surface area contributed by atoms with E-state index in [9.17, 15) is 20.3 Å². The Bertz CT molecular complexity index is 749. The number of non-ortho nitro benzene ring substituents is 1. The molecule has 0 unspecified atom stereocenters. The fourth-order valence-electron chi connectivity index (χ4n) is 1.55. The van der Waals surface area contributed by atoms with Crippen molar-refractivity contribution in [3.05, 3.63) is 55.5 Å². The minimum atomic E-state index is -0.582. The first-order valence-electron chi connectivity index (χ1n) is 5.58. The van der Waals surface area contributed by atoms with Gasteiger partial charge in [0.05, 0.1) is 9.40 Å². The number of nitrogens with zero attached hydrogens (tertiary/aromatic N) is 2. The lowest BCUT2D eigenvalue weighted by Crippen LogP contribution is -1.91. The lowest BCUT2D eigenvalue weighted by atomic mass is 10.2. The fraction of sp³-hybridized carbons (Fsp3) is 0. The van der Waals surface area contributed by atoms with E-state index in [-0.39, 0.29) is 32.9 Å². The lowest BCUT2D eigenvalue weighted by molar-refractivity contribution is -0.385. The Labute approximate surface area is 132 Å². The molecule has 8 heteroatoms. The van der Waals surface area contributed by atoms with E-state index in [1.165, 1.54) is 36.5 Å². The zero-order valence-corrected chi connectivity index (χ0v) is 12.7. The number of rotatable bonds is 3. The Balaban J connectivity index is 2.43. The van der Waals surface area contributed by atoms with Crippen LogP contribution >= 0.6 is 27.5 Å². The van der Waals surface area contributed by atoms with E-state index in [4.69, 9.17) is 11.6 Å². The summed E-state index contributed by atoms with van der Waals surface area (Å²) in [5.41, 5.74) is 0.174. The third-order valence-corrected chi connectivity index (χ3v) is 3.41. The first-order valence-corrected chi connectivity index (χ1v) is 6.75. The molecule has 0 aromatic heterocycles. The normalized spacial score (nSPS) is 11.0. The standard InChI is InChI=1S/C13H8BrClN2O4/c14-10-5-9(17(20)21)3-7(13(10)19)6-16-11-2-1-8(15)4-12(11)18/h1-6,18-19H. The van der Waals surface area contributed by atoms with Crippen molar-refractivity contribution in [2.45, 2.75) is 0 Å². The number of hydrogen-bond donors (Lipinski definition) is 2. The summed E-state index contributed by atoms with van der Waals surface area (Å²) in [4.78, 5) is 14.2. The van der Waals surface area contributed by atoms with Gasteiger partial charge in [0.1, 0.15) is 17.2 Å². The molecule has 108 valence electrons. The fourth-order valence-corrected chi connectivity index (χ4v) is 2.18. The second kappa shape index (κ2) is 6.11. The molecule has 0 aliphatic heterocycles. The van der Waals surface area contributed by atoms with Crippen LogP contribution in [-0.4, -0.2) is 21.4 Å². The van der Waals surface area contributed by atoms with Crippen molar-refractivity contribution in [3.63, 3.8) is 0 Å². The maximum atomic E-state index is 10.8. The van der Waals surface area contributed by atoms with Crippen LogP contribution in [0.5, 0.6) is 11.5 Å². The van der Waals surface area contributed by atoms with Crippen LogP contribution in [0.15, 0.2) is 39.8 Å². The van der Waals surface area contributed by atoms with Crippen LogP contribution in [0.3, 0.4) is 0 Å². The van der Waals surface area contributed by atoms with Gasteiger partial charge in [-0.1, -0.05) is 11.6 Å². The van der Waals surface area contributed by atoms with Gasteiger partial charge in [0.15, 0.2) is 0 Å². The Hall–Kier alpha value is -2.12. The van der Waals surface area contributed by atoms with Crippen LogP contribution in [0.4, 0.5) is 11.4 Å². The molecule has 0 atom stereocenters. The largest absolute Gasteiger partial charge is 0.506 e. The van der Waals surface area contributed by atoms with Crippen molar-refractivity contribution in [1.29, 1.82) is 0 Å². The predicted molar refractivity (Wildman–Crippen MR) is 82.8 cm³/mol. The van der Waals surface area contributed by atoms with Crippen LogP contribution < -0.4 is 0 Å². The Kier molecular flexibility index (Phi) is 4.44. The highest BCUT2D eigenvalue weighted by molar-refractivity contribution is 9.10. The molecule has 0 aliphatic carbocycles. The molecule has 2 N–H and O–H groups in total. The molecule has 0 saturated heterocycles. The van der Waals surface area contributed by atoms with Crippen molar-refractivity contribution in [2.75, 3.05) is 0 Å². The number of nitro groups is 1. The number of hydrogen-bond acceptors (Lipinski definition) is 5. The van der Waals surface area contributed by atoms with Crippen LogP contribution in [0, 0.1) is 10.1 Å². The number of halogens is 2. The third-order valence-electron chi connectivity index (χ3n) is 2.57. The molecule has 0 heterocycles. The van der Waals surface area contributed by atoms with Crippen LogP contribution in [0.2, 0.25) is 5.02 Å². The van der Waals surface area contributed by atoms with E-state index < -0.39 is 4.92 Å². The second-order valence-electron chi connectivity index (χ2n) is 4.01. The summed E-state index contributed by atoms with van der Waals surface area (Å²) in [6.07, 6.45) is 1.22. The van der Waals surface area contributed by atoms with E-state index in [1.807, 2.05) is 0 Å². The number of phenols is 2. The van der Waals surface area contributed by atoms with Crippen molar-refractivity contribution in [3.8, 4) is 11.5 Å². The smallest absolute Gasteiger partial charge is 0.271 e. The van der Waals surface area contributed by atoms with E-state index in [2.05, 4.69) is 20.9 Å². The average Bonchev–Trinajstić information content (AvgIpc) is 2.41. The van der Waals surface area contributed by atoms with Gasteiger partial charge in [-0.15, -0.1) is 0 Å². The van der Waals surface area contributed by atoms with Gasteiger partial charge in [-0.3, -0.25) is 15.1 Å². The highest BCUT2D eigenvalue weighted by Gasteiger charge is 2.13. The van der Waals surface area contributed by atoms with Gasteiger partial charge in [0, 0.05) is 35.0 Å². The molecule has 0 aliphatic rings. The number of nitro benzene ring substituents is 1. The molecule has 0 bridgehead atoms. The molecular weight excluding hydrogens is 364 g/mol. The molecule has 2 aromatic carbocycles. The van der Waals surface area contributed by atoms with Crippen LogP contribution in [0.25, 0.3) is 0 Å². The topological polar surface area (TPSA) is 96.0 Å². The van der Waals surface area contributed by atoms with Gasteiger partial charge < -0.3 is 10.2 Å². The van der Waals surface area contributed by atoms with Gasteiger partial charge >= 0.3 is 0 Å². The molecule has 0 amide bonds. The van der Waals surface area contributed by atoms with E-state index in [0.717, 1.165) is 0 Å². The summed E-state index contributed by atoms with van der Waals surface area (Å²) in [7, 11) is 0. The summed E-state index contributed by atoms with van der Waals surface area (Å²) in [5.74, 6) is -0.319. The first kappa shape index (κ1) is 15.3. The molecule has 0 radical (unpaired) electrons. The number of phenolic OH excluding ortho intramolecular Hbond substituents is 2. The summed E-state index contributed by atoms with van der Waals surface area (Å²) in [6.45, 7) is 0. The number of aromatic hydroxyl groups is 2. The number of aliphatic imine (C=N–C) groups is 1. The Morgan fingerprint density at radius 2 is 2.00 bits per heavy atom. The maximum absolute atomic E-state index is 10.8. The van der Waals surface area contributed by atoms with Crippen molar-refractivity contribution in [2.24, 2.45) is 4.99 Å². The Morgan fingerprint density at radius 1 is 1.29 bits per heavy atom. The molecular formula is C13H8BrClN2O4. The molecule has 0 saturated carbocycles. The van der Waals surface area contributed by atoms with Gasteiger partial charge in [0.2, 0.25) is 0 Å². The van der Waals surface area contributed by atoms with Crippen molar-refractivity contribution < 1.29 is 15.1 Å². The SMILES string of the molecule is O=[N+]([O-])c1cc(Br)c(O)c(C=Nc2ccc(Cl)cc2O)c1. The minimum absolute atomic E-state index is 0.136. The quantitative estimate of drug-likeness (QED) is 0.481. The molecule has 6 nitrogen and oxygen atoms in total. The predicted octanol–water partition coefficient (Wildman–Crippen LogP) is 4.17. The van der Waals surface area contributed by atoms with Gasteiger partial charge in [-0.05, 0) is 28.1 Å². The summed E-state index contributed by atoms with van der Waals surface area (Å²) in [6, 6.07) is 6.70. The monoisotopic (exact) mass is 370 g/mol. The second-order valence-corrected chi connectivity index (χ2v) is 5.30. The zero-order chi connectivity index (χ0) is 15.6. The molecule has 2 aromatic rings. The van der Waals surface area contributed by atoms with E-state index in [1.54, 1.807) is 0 Å². The third kappa shape index (κ3) is 3.50. The average molecular weight is 372 g/mol. The number of benzene rings is 2. The Morgan fingerprint density at radius 3 is 2.62 bits per heavy atom. The lowest BCUT2D eigenvalue weighted by Gasteiger charge is -2.03. The van der Waals surface area contributed by atoms with E-state index in [0.29, 0.717) is 5.02 Å². The first-order chi connectivity index (χ1) is 9.88. The molecule has 0 spiro atoms. The summed E-state index contributed by atoms with van der Waals surface area (Å²) in [5, 5.41) is 30.6.